The van der Waals surface area contributed by atoms with Gasteiger partial charge in [-0.15, -0.1) is 0 Å². The molecule has 1 aromatic carbocycles. The van der Waals surface area contributed by atoms with E-state index in [0.29, 0.717) is 36.3 Å². The van der Waals surface area contributed by atoms with E-state index in [2.05, 4.69) is 21.9 Å². The molecule has 2 aromatic heterocycles. The largest absolute Gasteiger partial charge is 0.465 e. The van der Waals surface area contributed by atoms with Crippen molar-refractivity contribution in [1.82, 2.24) is 19.5 Å². The average Bonchev–Trinajstić information content (AvgIpc) is 3.02. The second-order valence-electron chi connectivity index (χ2n) is 6.31. The molecule has 0 aliphatic carbocycles. The summed E-state index contributed by atoms with van der Waals surface area (Å²) in [6, 6.07) is 7.20. The van der Waals surface area contributed by atoms with E-state index in [1.807, 2.05) is 12.1 Å². The van der Waals surface area contributed by atoms with Gasteiger partial charge in [0.1, 0.15) is 5.52 Å². The zero-order chi connectivity index (χ0) is 20.1. The highest BCUT2D eigenvalue weighted by atomic mass is 16.5. The molecule has 3 N–H and O–H groups in total. The summed E-state index contributed by atoms with van der Waals surface area (Å²) in [7, 11) is 1.34. The van der Waals surface area contributed by atoms with E-state index in [4.69, 9.17) is 15.2 Å². The van der Waals surface area contributed by atoms with Gasteiger partial charge in [-0.1, -0.05) is 25.5 Å². The number of nitrogens with two attached hydrogens (primary N) is 1. The predicted octanol–water partition coefficient (Wildman–Crippen LogP) is 1.91. The van der Waals surface area contributed by atoms with E-state index in [-0.39, 0.29) is 23.5 Å². The average molecular weight is 385 g/mol. The molecule has 0 saturated carbocycles. The Balaban J connectivity index is 1.81. The zero-order valence-corrected chi connectivity index (χ0v) is 15.9. The minimum absolute atomic E-state index is 0.161. The predicted molar refractivity (Wildman–Crippen MR) is 104 cm³/mol. The maximum Gasteiger partial charge on any atom is 0.337 e. The summed E-state index contributed by atoms with van der Waals surface area (Å²) in [5, 5.41) is 0. The SMILES string of the molecule is CCCCOc1nc(N)c2[nH]c(=O)n(CCc3ccc(C(=O)OC)cc3)c2n1. The molecule has 0 aliphatic rings. The first kappa shape index (κ1) is 19.4. The molecule has 0 fully saturated rings. The summed E-state index contributed by atoms with van der Waals surface area (Å²) in [5.74, 6) is -0.211. The number of aromatic nitrogens is 4. The van der Waals surface area contributed by atoms with Crippen LogP contribution in [0.15, 0.2) is 29.1 Å². The monoisotopic (exact) mass is 385 g/mol. The first-order chi connectivity index (χ1) is 13.5. The number of aromatic amines is 1. The summed E-state index contributed by atoms with van der Waals surface area (Å²) < 4.78 is 11.7. The number of unbranched alkanes of at least 4 members (excludes halogenated alkanes) is 1. The number of anilines is 1. The molecule has 0 atom stereocenters. The fraction of sp³-hybridized carbons (Fsp3) is 0.368. The molecule has 0 aliphatic heterocycles. The third-order valence-electron chi connectivity index (χ3n) is 4.36. The number of nitrogens with one attached hydrogen (secondary N) is 1. The van der Waals surface area contributed by atoms with Gasteiger partial charge in [-0.2, -0.15) is 9.97 Å². The Kier molecular flexibility index (Phi) is 5.93. The lowest BCUT2D eigenvalue weighted by Gasteiger charge is -2.07. The van der Waals surface area contributed by atoms with Crippen LogP contribution in [-0.4, -0.2) is 39.2 Å². The summed E-state index contributed by atoms with van der Waals surface area (Å²) >= 11 is 0. The van der Waals surface area contributed by atoms with Crippen LogP contribution in [0.5, 0.6) is 6.01 Å². The summed E-state index contributed by atoms with van der Waals surface area (Å²) in [6.07, 6.45) is 2.44. The number of esters is 1. The lowest BCUT2D eigenvalue weighted by Crippen LogP contribution is -2.18. The van der Waals surface area contributed by atoms with E-state index >= 15 is 0 Å². The molecule has 0 amide bonds. The smallest absolute Gasteiger partial charge is 0.337 e. The minimum Gasteiger partial charge on any atom is -0.465 e. The normalized spacial score (nSPS) is 10.9. The van der Waals surface area contributed by atoms with Crippen molar-refractivity contribution in [1.29, 1.82) is 0 Å². The number of methoxy groups -OCH3 is 1. The number of imidazole rings is 1. The van der Waals surface area contributed by atoms with Crippen LogP contribution in [0.1, 0.15) is 35.7 Å². The van der Waals surface area contributed by atoms with Gasteiger partial charge in [-0.25, -0.2) is 9.59 Å². The van der Waals surface area contributed by atoms with Crippen molar-refractivity contribution < 1.29 is 14.3 Å². The quantitative estimate of drug-likeness (QED) is 0.448. The van der Waals surface area contributed by atoms with Gasteiger partial charge in [0.25, 0.3) is 0 Å². The Hall–Kier alpha value is -3.36. The number of fused-ring (bicyclic) bond motifs is 1. The number of ether oxygens (including phenoxy) is 2. The number of carbonyl (C=O) groups excluding carboxylic acids is 1. The minimum atomic E-state index is -0.387. The zero-order valence-electron chi connectivity index (χ0n) is 15.9. The van der Waals surface area contributed by atoms with Gasteiger partial charge >= 0.3 is 17.7 Å². The maximum absolute atomic E-state index is 12.3. The van der Waals surface area contributed by atoms with Gasteiger partial charge in [-0.3, -0.25) is 4.57 Å². The molecular weight excluding hydrogens is 362 g/mol. The molecule has 2 heterocycles. The van der Waals surface area contributed by atoms with E-state index in [9.17, 15) is 9.59 Å². The van der Waals surface area contributed by atoms with Crippen LogP contribution in [0.25, 0.3) is 11.2 Å². The lowest BCUT2D eigenvalue weighted by atomic mass is 10.1. The number of nitrogens with zero attached hydrogens (tertiary/aromatic N) is 3. The lowest BCUT2D eigenvalue weighted by molar-refractivity contribution is 0.0600. The molecule has 28 heavy (non-hydrogen) atoms. The highest BCUT2D eigenvalue weighted by molar-refractivity contribution is 5.89. The van der Waals surface area contributed by atoms with Crippen molar-refractivity contribution >= 4 is 23.0 Å². The molecule has 0 bridgehead atoms. The van der Waals surface area contributed by atoms with Crippen LogP contribution >= 0.6 is 0 Å². The second kappa shape index (κ2) is 8.55. The van der Waals surface area contributed by atoms with Crippen LogP contribution in [0, 0.1) is 0 Å². The summed E-state index contributed by atoms with van der Waals surface area (Å²) in [4.78, 5) is 35.0. The van der Waals surface area contributed by atoms with Crippen LogP contribution in [0.4, 0.5) is 5.82 Å². The highest BCUT2D eigenvalue weighted by Crippen LogP contribution is 2.18. The van der Waals surface area contributed by atoms with Crippen LogP contribution in [-0.2, 0) is 17.7 Å². The Morgan fingerprint density at radius 2 is 2.00 bits per heavy atom. The molecular formula is C19H23N5O4. The molecule has 0 saturated heterocycles. The number of carbonyl (C=O) groups is 1. The number of H-pyrrole nitrogens is 1. The van der Waals surface area contributed by atoms with E-state index in [1.165, 1.54) is 11.7 Å². The van der Waals surface area contributed by atoms with Gasteiger partial charge < -0.3 is 20.2 Å². The van der Waals surface area contributed by atoms with Crippen LogP contribution in [0.2, 0.25) is 0 Å². The second-order valence-corrected chi connectivity index (χ2v) is 6.31. The number of hydrogen-bond donors (Lipinski definition) is 2. The maximum atomic E-state index is 12.3. The van der Waals surface area contributed by atoms with Crippen molar-refractivity contribution in [3.63, 3.8) is 0 Å². The van der Waals surface area contributed by atoms with Crippen molar-refractivity contribution in [3.8, 4) is 6.01 Å². The first-order valence-electron chi connectivity index (χ1n) is 9.09. The molecule has 9 nitrogen and oxygen atoms in total. The molecule has 9 heteroatoms. The molecule has 0 spiro atoms. The van der Waals surface area contributed by atoms with E-state index in [1.54, 1.807) is 12.1 Å². The van der Waals surface area contributed by atoms with Crippen LogP contribution < -0.4 is 16.2 Å². The number of hydrogen-bond acceptors (Lipinski definition) is 7. The molecule has 0 unspecified atom stereocenters. The number of nitrogen functional groups attached to an aromatic ring is 1. The van der Waals surface area contributed by atoms with Gasteiger partial charge in [0.2, 0.25) is 0 Å². The number of aryl methyl sites for hydroxylation is 2. The van der Waals surface area contributed by atoms with Gasteiger partial charge in [0.05, 0.1) is 19.3 Å². The van der Waals surface area contributed by atoms with Gasteiger partial charge in [0.15, 0.2) is 11.5 Å². The fourth-order valence-corrected chi connectivity index (χ4v) is 2.78. The first-order valence-corrected chi connectivity index (χ1v) is 9.09. The molecule has 0 radical (unpaired) electrons. The number of rotatable bonds is 8. The standard InChI is InChI=1S/C19H23N5O4/c1-3-4-11-28-18-22-15(20)14-16(23-18)24(19(26)21-14)10-9-12-5-7-13(8-6-12)17(25)27-2/h5-8H,3-4,9-11H2,1-2H3,(H,21,26)(H2,20,22,23). The summed E-state index contributed by atoms with van der Waals surface area (Å²) in [5.41, 5.74) is 7.89. The van der Waals surface area contributed by atoms with E-state index < -0.39 is 0 Å². The third-order valence-corrected chi connectivity index (χ3v) is 4.36. The Labute approximate surface area is 161 Å². The van der Waals surface area contributed by atoms with E-state index in [0.717, 1.165) is 18.4 Å². The van der Waals surface area contributed by atoms with Crippen molar-refractivity contribution in [2.45, 2.75) is 32.7 Å². The highest BCUT2D eigenvalue weighted by Gasteiger charge is 2.14. The Morgan fingerprint density at radius 1 is 1.25 bits per heavy atom. The molecule has 148 valence electrons. The number of benzene rings is 1. The van der Waals surface area contributed by atoms with Crippen molar-refractivity contribution in [3.05, 3.63) is 45.9 Å². The Morgan fingerprint density at radius 3 is 2.68 bits per heavy atom. The van der Waals surface area contributed by atoms with Crippen LogP contribution in [0.3, 0.4) is 0 Å². The molecule has 3 rings (SSSR count). The Bertz CT molecular complexity index is 1020. The van der Waals surface area contributed by atoms with Gasteiger partial charge in [-0.05, 0) is 30.5 Å². The fourth-order valence-electron chi connectivity index (χ4n) is 2.78. The summed E-state index contributed by atoms with van der Waals surface area (Å²) in [6.45, 7) is 2.94. The van der Waals surface area contributed by atoms with Crippen molar-refractivity contribution in [2.75, 3.05) is 19.5 Å². The topological polar surface area (TPSA) is 125 Å². The van der Waals surface area contributed by atoms with Crippen molar-refractivity contribution in [2.24, 2.45) is 0 Å². The third kappa shape index (κ3) is 4.13. The van der Waals surface area contributed by atoms with Gasteiger partial charge in [0, 0.05) is 6.54 Å². The molecule has 3 aromatic rings.